The maximum absolute atomic E-state index is 12.8. The number of ether oxygens (including phenoxy) is 1. The minimum absolute atomic E-state index is 0.0112. The van der Waals surface area contributed by atoms with Gasteiger partial charge in [-0.25, -0.2) is 4.68 Å². The molecule has 1 saturated heterocycles. The van der Waals surface area contributed by atoms with E-state index in [1.165, 1.54) is 5.56 Å². The highest BCUT2D eigenvalue weighted by atomic mass is 79.9. The summed E-state index contributed by atoms with van der Waals surface area (Å²) < 4.78 is 10.3. The zero-order valence-corrected chi connectivity index (χ0v) is 18.9. The van der Waals surface area contributed by atoms with Gasteiger partial charge < -0.3 is 4.74 Å². The highest BCUT2D eigenvalue weighted by Crippen LogP contribution is 2.23. The molecule has 1 aliphatic rings. The molecule has 0 atom stereocenters. The molecule has 2 aromatic carbocycles. The molecule has 158 valence electrons. The Bertz CT molecular complexity index is 1010. The van der Waals surface area contributed by atoms with Crippen molar-refractivity contribution in [3.63, 3.8) is 0 Å². The molecular formula is C24H28BrN3O2. The minimum atomic E-state index is -0.0112. The molecule has 0 N–H and O–H groups in total. The van der Waals surface area contributed by atoms with Crippen molar-refractivity contribution in [2.24, 2.45) is 13.0 Å². The zero-order valence-electron chi connectivity index (χ0n) is 17.3. The summed E-state index contributed by atoms with van der Waals surface area (Å²) in [6, 6.07) is 20.1. The first kappa shape index (κ1) is 21.1. The standard InChI is InChI=1S/C24H28BrN3O2/c1-26-22(23(25)24(29)28(26)21-10-6-3-7-11-21)16-27-14-12-20(13-15-27)18-30-17-19-8-4-2-5-9-19/h2-11,20H,12-18H2,1H3. The Balaban J connectivity index is 1.33. The third-order valence-corrected chi connectivity index (χ3v) is 6.67. The van der Waals surface area contributed by atoms with E-state index in [0.717, 1.165) is 50.5 Å². The summed E-state index contributed by atoms with van der Waals surface area (Å²) in [5.74, 6) is 0.603. The van der Waals surface area contributed by atoms with Crippen LogP contribution in [0.1, 0.15) is 24.1 Å². The highest BCUT2D eigenvalue weighted by Gasteiger charge is 2.23. The molecular weight excluding hydrogens is 442 g/mol. The molecule has 30 heavy (non-hydrogen) atoms. The number of hydrogen-bond acceptors (Lipinski definition) is 3. The van der Waals surface area contributed by atoms with E-state index in [1.807, 2.05) is 60.3 Å². The molecule has 6 heteroatoms. The average Bonchev–Trinajstić information content (AvgIpc) is 2.99. The van der Waals surface area contributed by atoms with E-state index in [9.17, 15) is 4.79 Å². The topological polar surface area (TPSA) is 39.4 Å². The normalized spacial score (nSPS) is 15.5. The SMILES string of the molecule is Cn1c(CN2CCC(COCc3ccccc3)CC2)c(Br)c(=O)n1-c1ccccc1. The quantitative estimate of drug-likeness (QED) is 0.515. The number of benzene rings is 2. The molecule has 0 amide bonds. The summed E-state index contributed by atoms with van der Waals surface area (Å²) in [5.41, 5.74) is 3.11. The molecule has 2 heterocycles. The number of piperidine rings is 1. The third kappa shape index (κ3) is 4.77. The number of para-hydroxylation sites is 1. The van der Waals surface area contributed by atoms with E-state index in [2.05, 4.69) is 33.0 Å². The van der Waals surface area contributed by atoms with Crippen LogP contribution in [-0.4, -0.2) is 34.0 Å². The Hall–Kier alpha value is -2.15. The van der Waals surface area contributed by atoms with Crippen molar-refractivity contribution < 1.29 is 4.74 Å². The predicted octanol–water partition coefficient (Wildman–Crippen LogP) is 4.37. The lowest BCUT2D eigenvalue weighted by molar-refractivity contribution is 0.0557. The smallest absolute Gasteiger partial charge is 0.286 e. The Labute approximate surface area is 186 Å². The van der Waals surface area contributed by atoms with Gasteiger partial charge in [0.25, 0.3) is 5.56 Å². The molecule has 1 fully saturated rings. The molecule has 0 unspecified atom stereocenters. The first-order chi connectivity index (χ1) is 14.6. The lowest BCUT2D eigenvalue weighted by atomic mass is 9.97. The fraction of sp³-hybridized carbons (Fsp3) is 0.375. The first-order valence-electron chi connectivity index (χ1n) is 10.5. The Morgan fingerprint density at radius 1 is 1.00 bits per heavy atom. The summed E-state index contributed by atoms with van der Waals surface area (Å²) in [6.07, 6.45) is 2.25. The van der Waals surface area contributed by atoms with Gasteiger partial charge in [0.15, 0.2) is 0 Å². The second-order valence-corrected chi connectivity index (χ2v) is 8.75. The number of hydrogen-bond donors (Lipinski definition) is 0. The maximum Gasteiger partial charge on any atom is 0.286 e. The van der Waals surface area contributed by atoms with Crippen LogP contribution in [0.25, 0.3) is 5.69 Å². The van der Waals surface area contributed by atoms with E-state index < -0.39 is 0 Å². The maximum atomic E-state index is 12.8. The number of halogens is 1. The van der Waals surface area contributed by atoms with Crippen LogP contribution >= 0.6 is 15.9 Å². The molecule has 3 aromatic rings. The summed E-state index contributed by atoms with van der Waals surface area (Å²) in [5, 5.41) is 0. The molecule has 4 rings (SSSR count). The van der Waals surface area contributed by atoms with Gasteiger partial charge in [-0.2, -0.15) is 0 Å². The zero-order chi connectivity index (χ0) is 20.9. The molecule has 0 saturated carbocycles. The van der Waals surface area contributed by atoms with E-state index in [0.29, 0.717) is 17.0 Å². The van der Waals surface area contributed by atoms with Crippen LogP contribution in [0.3, 0.4) is 0 Å². The van der Waals surface area contributed by atoms with Gasteiger partial charge in [0, 0.05) is 20.2 Å². The average molecular weight is 470 g/mol. The fourth-order valence-electron chi connectivity index (χ4n) is 4.09. The largest absolute Gasteiger partial charge is 0.376 e. The van der Waals surface area contributed by atoms with Crippen LogP contribution < -0.4 is 5.56 Å². The van der Waals surface area contributed by atoms with E-state index in [1.54, 1.807) is 4.68 Å². The molecule has 0 radical (unpaired) electrons. The predicted molar refractivity (Wildman–Crippen MR) is 123 cm³/mol. The van der Waals surface area contributed by atoms with Gasteiger partial charge in [0.1, 0.15) is 4.47 Å². The monoisotopic (exact) mass is 469 g/mol. The van der Waals surface area contributed by atoms with Crippen molar-refractivity contribution in [1.82, 2.24) is 14.3 Å². The highest BCUT2D eigenvalue weighted by molar-refractivity contribution is 9.10. The summed E-state index contributed by atoms with van der Waals surface area (Å²) in [7, 11) is 1.96. The van der Waals surface area contributed by atoms with Crippen molar-refractivity contribution in [3.05, 3.63) is 86.7 Å². The van der Waals surface area contributed by atoms with Gasteiger partial charge >= 0.3 is 0 Å². The van der Waals surface area contributed by atoms with E-state index in [4.69, 9.17) is 4.74 Å². The van der Waals surface area contributed by atoms with Crippen LogP contribution in [0.2, 0.25) is 0 Å². The fourth-order valence-corrected chi connectivity index (χ4v) is 4.64. The van der Waals surface area contributed by atoms with Crippen LogP contribution in [-0.2, 0) is 24.9 Å². The van der Waals surface area contributed by atoms with Crippen LogP contribution in [0.15, 0.2) is 69.9 Å². The van der Waals surface area contributed by atoms with Gasteiger partial charge in [-0.3, -0.25) is 14.4 Å². The van der Waals surface area contributed by atoms with Crippen LogP contribution in [0, 0.1) is 5.92 Å². The summed E-state index contributed by atoms with van der Waals surface area (Å²) >= 11 is 3.54. The summed E-state index contributed by atoms with van der Waals surface area (Å²) in [4.78, 5) is 15.2. The summed E-state index contributed by atoms with van der Waals surface area (Å²) in [6.45, 7) is 4.31. The Kier molecular flexibility index (Phi) is 6.87. The Morgan fingerprint density at radius 3 is 2.30 bits per heavy atom. The van der Waals surface area contributed by atoms with Crippen molar-refractivity contribution in [1.29, 1.82) is 0 Å². The lowest BCUT2D eigenvalue weighted by Crippen LogP contribution is -2.35. The molecule has 0 aliphatic carbocycles. The number of rotatable bonds is 7. The van der Waals surface area contributed by atoms with Crippen molar-refractivity contribution >= 4 is 15.9 Å². The van der Waals surface area contributed by atoms with Gasteiger partial charge in [-0.05, 0) is 65.5 Å². The minimum Gasteiger partial charge on any atom is -0.376 e. The molecule has 1 aromatic heterocycles. The number of nitrogens with zero attached hydrogens (tertiary/aromatic N) is 3. The van der Waals surface area contributed by atoms with Gasteiger partial charge in [0.05, 0.1) is 18.0 Å². The van der Waals surface area contributed by atoms with Crippen LogP contribution in [0.5, 0.6) is 0 Å². The van der Waals surface area contributed by atoms with Crippen molar-refractivity contribution in [2.75, 3.05) is 19.7 Å². The number of likely N-dealkylation sites (tertiary alicyclic amines) is 1. The van der Waals surface area contributed by atoms with E-state index in [-0.39, 0.29) is 5.56 Å². The second-order valence-electron chi connectivity index (χ2n) is 7.96. The molecule has 0 bridgehead atoms. The molecule has 1 aliphatic heterocycles. The molecule has 5 nitrogen and oxygen atoms in total. The lowest BCUT2D eigenvalue weighted by Gasteiger charge is -2.32. The third-order valence-electron chi connectivity index (χ3n) is 5.87. The van der Waals surface area contributed by atoms with Crippen molar-refractivity contribution in [3.8, 4) is 5.69 Å². The van der Waals surface area contributed by atoms with Gasteiger partial charge in [0.2, 0.25) is 0 Å². The van der Waals surface area contributed by atoms with Crippen molar-refractivity contribution in [2.45, 2.75) is 26.0 Å². The number of aromatic nitrogens is 2. The molecule has 0 spiro atoms. The van der Waals surface area contributed by atoms with Gasteiger partial charge in [-0.15, -0.1) is 0 Å². The van der Waals surface area contributed by atoms with Crippen LogP contribution in [0.4, 0.5) is 0 Å². The Morgan fingerprint density at radius 2 is 1.63 bits per heavy atom. The van der Waals surface area contributed by atoms with Gasteiger partial charge in [-0.1, -0.05) is 48.5 Å². The van der Waals surface area contributed by atoms with E-state index >= 15 is 0 Å². The second kappa shape index (κ2) is 9.77. The first-order valence-corrected chi connectivity index (χ1v) is 11.3.